The van der Waals surface area contributed by atoms with E-state index in [1.54, 1.807) is 45.0 Å². The molecule has 142 valence electrons. The summed E-state index contributed by atoms with van der Waals surface area (Å²) in [6, 6.07) is 6.64. The molecule has 4 amide bonds. The Kier molecular flexibility index (Phi) is 6.43. The lowest BCUT2D eigenvalue weighted by molar-refractivity contribution is 0.0526. The molecule has 0 aliphatic heterocycles. The summed E-state index contributed by atoms with van der Waals surface area (Å²) in [6.45, 7) is 5.89. The molecule has 2 rings (SSSR count). The molecule has 1 aliphatic rings. The molecule has 0 atom stereocenters. The van der Waals surface area contributed by atoms with Crippen LogP contribution < -0.4 is 21.3 Å². The van der Waals surface area contributed by atoms with Gasteiger partial charge in [0.05, 0.1) is 0 Å². The number of hydrogen-bond acceptors (Lipinski definition) is 4. The lowest BCUT2D eigenvalue weighted by Crippen LogP contribution is -2.37. The number of hydrogen-bond donors (Lipinski definition) is 4. The van der Waals surface area contributed by atoms with Crippen molar-refractivity contribution >= 4 is 23.7 Å². The summed E-state index contributed by atoms with van der Waals surface area (Å²) in [5.41, 5.74) is 0.528. The SMILES string of the molecule is CC(C)(C)OC(=O)NCCNC(=O)c1ccc(NC(=O)NC2CC2)cc1. The van der Waals surface area contributed by atoms with E-state index in [1.807, 2.05) is 0 Å². The highest BCUT2D eigenvalue weighted by Gasteiger charge is 2.23. The van der Waals surface area contributed by atoms with E-state index in [0.29, 0.717) is 11.3 Å². The van der Waals surface area contributed by atoms with Gasteiger partial charge in [-0.15, -0.1) is 0 Å². The Balaban J connectivity index is 1.68. The van der Waals surface area contributed by atoms with E-state index in [2.05, 4.69) is 21.3 Å². The molecule has 0 bridgehead atoms. The lowest BCUT2D eigenvalue weighted by atomic mass is 10.2. The minimum atomic E-state index is -0.557. The molecule has 8 heteroatoms. The Morgan fingerprint density at radius 1 is 1.04 bits per heavy atom. The molecule has 8 nitrogen and oxygen atoms in total. The predicted octanol–water partition coefficient (Wildman–Crippen LogP) is 2.22. The molecular weight excluding hydrogens is 336 g/mol. The standard InChI is InChI=1S/C18H26N4O4/c1-18(2,3)26-17(25)20-11-10-19-15(23)12-4-6-13(7-5-12)21-16(24)22-14-8-9-14/h4-7,14H,8-11H2,1-3H3,(H,19,23)(H,20,25)(H2,21,22,24). The van der Waals surface area contributed by atoms with Crippen molar-refractivity contribution < 1.29 is 19.1 Å². The average molecular weight is 362 g/mol. The van der Waals surface area contributed by atoms with E-state index in [4.69, 9.17) is 4.74 Å². The Bertz CT molecular complexity index is 648. The van der Waals surface area contributed by atoms with Crippen molar-refractivity contribution in [3.8, 4) is 0 Å². The smallest absolute Gasteiger partial charge is 0.407 e. The first kappa shape index (κ1) is 19.6. The van der Waals surface area contributed by atoms with Gasteiger partial charge in [-0.2, -0.15) is 0 Å². The van der Waals surface area contributed by atoms with Crippen LogP contribution in [0.25, 0.3) is 0 Å². The Labute approximate surface area is 153 Å². The second-order valence-corrected chi connectivity index (χ2v) is 7.13. The molecule has 1 fully saturated rings. The number of nitrogens with one attached hydrogen (secondary N) is 4. The van der Waals surface area contributed by atoms with Gasteiger partial charge in [-0.3, -0.25) is 4.79 Å². The number of ether oxygens (including phenoxy) is 1. The molecule has 0 unspecified atom stereocenters. The van der Waals surface area contributed by atoms with Gasteiger partial charge in [-0.25, -0.2) is 9.59 Å². The molecule has 0 saturated heterocycles. The first-order valence-corrected chi connectivity index (χ1v) is 8.65. The quantitative estimate of drug-likeness (QED) is 0.582. The van der Waals surface area contributed by atoms with Crippen LogP contribution in [0.4, 0.5) is 15.3 Å². The molecule has 0 heterocycles. The zero-order valence-corrected chi connectivity index (χ0v) is 15.3. The summed E-state index contributed by atoms with van der Waals surface area (Å²) in [7, 11) is 0. The van der Waals surface area contributed by atoms with Crippen LogP contribution in [-0.2, 0) is 4.74 Å². The maximum absolute atomic E-state index is 12.1. The number of alkyl carbamates (subject to hydrolysis) is 1. The van der Waals surface area contributed by atoms with Crippen LogP contribution in [0.5, 0.6) is 0 Å². The molecule has 0 aromatic heterocycles. The number of anilines is 1. The van der Waals surface area contributed by atoms with Gasteiger partial charge >= 0.3 is 12.1 Å². The highest BCUT2D eigenvalue weighted by Crippen LogP contribution is 2.19. The second kappa shape index (κ2) is 8.55. The van der Waals surface area contributed by atoms with E-state index in [1.165, 1.54) is 0 Å². The van der Waals surface area contributed by atoms with Crippen molar-refractivity contribution in [1.29, 1.82) is 0 Å². The van der Waals surface area contributed by atoms with Crippen molar-refractivity contribution in [2.75, 3.05) is 18.4 Å². The molecule has 1 aromatic carbocycles. The number of benzene rings is 1. The van der Waals surface area contributed by atoms with Gasteiger partial charge in [0.15, 0.2) is 0 Å². The van der Waals surface area contributed by atoms with E-state index >= 15 is 0 Å². The Morgan fingerprint density at radius 3 is 2.23 bits per heavy atom. The lowest BCUT2D eigenvalue weighted by Gasteiger charge is -2.19. The maximum atomic E-state index is 12.1. The monoisotopic (exact) mass is 362 g/mol. The molecular formula is C18H26N4O4. The Morgan fingerprint density at radius 2 is 1.65 bits per heavy atom. The Hall–Kier alpha value is -2.77. The number of urea groups is 1. The van der Waals surface area contributed by atoms with Gasteiger partial charge in [-0.05, 0) is 57.9 Å². The molecule has 1 aliphatic carbocycles. The largest absolute Gasteiger partial charge is 0.444 e. The van der Waals surface area contributed by atoms with E-state index < -0.39 is 11.7 Å². The third-order valence-electron chi connectivity index (χ3n) is 3.40. The summed E-state index contributed by atoms with van der Waals surface area (Å²) in [5.74, 6) is -0.259. The number of amides is 4. The van der Waals surface area contributed by atoms with Crippen molar-refractivity contribution in [3.63, 3.8) is 0 Å². The van der Waals surface area contributed by atoms with Gasteiger partial charge in [-0.1, -0.05) is 0 Å². The molecule has 0 spiro atoms. The van der Waals surface area contributed by atoms with Gasteiger partial charge in [0, 0.05) is 30.4 Å². The van der Waals surface area contributed by atoms with Crippen LogP contribution in [0.3, 0.4) is 0 Å². The van der Waals surface area contributed by atoms with Crippen LogP contribution in [0.15, 0.2) is 24.3 Å². The summed E-state index contributed by atoms with van der Waals surface area (Å²) in [6.07, 6.45) is 1.52. The van der Waals surface area contributed by atoms with E-state index in [0.717, 1.165) is 12.8 Å². The van der Waals surface area contributed by atoms with E-state index in [-0.39, 0.29) is 31.1 Å². The minimum absolute atomic E-state index is 0.238. The average Bonchev–Trinajstić information content (AvgIpc) is 3.34. The summed E-state index contributed by atoms with van der Waals surface area (Å²) in [4.78, 5) is 35.2. The molecule has 1 aromatic rings. The highest BCUT2D eigenvalue weighted by molar-refractivity contribution is 5.95. The van der Waals surface area contributed by atoms with Crippen LogP contribution in [-0.4, -0.2) is 42.8 Å². The van der Waals surface area contributed by atoms with Crippen LogP contribution in [0.2, 0.25) is 0 Å². The second-order valence-electron chi connectivity index (χ2n) is 7.13. The fourth-order valence-electron chi connectivity index (χ4n) is 2.04. The van der Waals surface area contributed by atoms with Gasteiger partial charge in [0.2, 0.25) is 0 Å². The fraction of sp³-hybridized carbons (Fsp3) is 0.500. The zero-order valence-electron chi connectivity index (χ0n) is 15.3. The van der Waals surface area contributed by atoms with Crippen molar-refractivity contribution in [1.82, 2.24) is 16.0 Å². The summed E-state index contributed by atoms with van der Waals surface area (Å²) < 4.78 is 5.10. The van der Waals surface area contributed by atoms with Crippen LogP contribution in [0.1, 0.15) is 44.0 Å². The number of rotatable bonds is 6. The zero-order chi connectivity index (χ0) is 19.2. The number of carbonyl (C=O) groups excluding carboxylic acids is 3. The first-order chi connectivity index (χ1) is 12.2. The predicted molar refractivity (Wildman–Crippen MR) is 98.2 cm³/mol. The van der Waals surface area contributed by atoms with Crippen molar-refractivity contribution in [3.05, 3.63) is 29.8 Å². The van der Waals surface area contributed by atoms with Gasteiger partial charge < -0.3 is 26.0 Å². The van der Waals surface area contributed by atoms with Gasteiger partial charge in [0.1, 0.15) is 5.60 Å². The normalized spacial score (nSPS) is 13.5. The third kappa shape index (κ3) is 7.42. The summed E-state index contributed by atoms with van der Waals surface area (Å²) >= 11 is 0. The van der Waals surface area contributed by atoms with Crippen LogP contribution >= 0.6 is 0 Å². The molecule has 26 heavy (non-hydrogen) atoms. The summed E-state index contributed by atoms with van der Waals surface area (Å²) in [5, 5.41) is 10.8. The topological polar surface area (TPSA) is 109 Å². The molecule has 4 N–H and O–H groups in total. The van der Waals surface area contributed by atoms with Crippen molar-refractivity contribution in [2.24, 2.45) is 0 Å². The fourth-order valence-corrected chi connectivity index (χ4v) is 2.04. The first-order valence-electron chi connectivity index (χ1n) is 8.65. The van der Waals surface area contributed by atoms with Crippen molar-refractivity contribution in [2.45, 2.75) is 45.3 Å². The maximum Gasteiger partial charge on any atom is 0.407 e. The third-order valence-corrected chi connectivity index (χ3v) is 3.40. The number of carbonyl (C=O) groups is 3. The highest BCUT2D eigenvalue weighted by atomic mass is 16.6. The molecule has 0 radical (unpaired) electrons. The molecule has 1 saturated carbocycles. The minimum Gasteiger partial charge on any atom is -0.444 e. The van der Waals surface area contributed by atoms with Crippen LogP contribution in [0, 0.1) is 0 Å². The van der Waals surface area contributed by atoms with E-state index in [9.17, 15) is 14.4 Å². The van der Waals surface area contributed by atoms with Gasteiger partial charge in [0.25, 0.3) is 5.91 Å².